The molecule has 0 bridgehead atoms. The first-order valence-electron chi connectivity index (χ1n) is 6.03. The predicted octanol–water partition coefficient (Wildman–Crippen LogP) is 1.96. The van der Waals surface area contributed by atoms with E-state index in [2.05, 4.69) is 5.32 Å². The van der Waals surface area contributed by atoms with Crippen LogP contribution in [0.3, 0.4) is 0 Å². The normalized spacial score (nSPS) is 32.1. The Morgan fingerprint density at radius 1 is 1.35 bits per heavy atom. The molecule has 2 aliphatic rings. The molecule has 0 radical (unpaired) electrons. The van der Waals surface area contributed by atoms with Crippen LogP contribution in [0.1, 0.15) is 19.8 Å². The summed E-state index contributed by atoms with van der Waals surface area (Å²) in [6, 6.07) is 0.0781. The van der Waals surface area contributed by atoms with Gasteiger partial charge in [-0.2, -0.15) is 8.78 Å². The molecule has 1 aliphatic carbocycles. The number of alkyl halides is 4. The second-order valence-electron chi connectivity index (χ2n) is 5.19. The highest BCUT2D eigenvalue weighted by molar-refractivity contribution is 4.94. The van der Waals surface area contributed by atoms with E-state index in [1.54, 1.807) is 6.92 Å². The number of hydrogen-bond acceptors (Lipinski definition) is 2. The van der Waals surface area contributed by atoms with E-state index in [-0.39, 0.29) is 12.1 Å². The average Bonchev–Trinajstić information content (AvgIpc) is 3.04. The van der Waals surface area contributed by atoms with Gasteiger partial charge >= 0.3 is 12.3 Å². The molecule has 0 spiro atoms. The second kappa shape index (κ2) is 4.72. The zero-order valence-electron chi connectivity index (χ0n) is 9.80. The van der Waals surface area contributed by atoms with Crippen LogP contribution in [0.15, 0.2) is 0 Å². The van der Waals surface area contributed by atoms with Gasteiger partial charge in [-0.1, -0.05) is 0 Å². The van der Waals surface area contributed by atoms with Gasteiger partial charge in [0, 0.05) is 25.2 Å². The van der Waals surface area contributed by atoms with Crippen LogP contribution in [-0.2, 0) is 0 Å². The van der Waals surface area contributed by atoms with Crippen molar-refractivity contribution >= 4 is 0 Å². The topological polar surface area (TPSA) is 15.3 Å². The molecule has 6 heteroatoms. The van der Waals surface area contributed by atoms with Crippen molar-refractivity contribution in [3.8, 4) is 0 Å². The van der Waals surface area contributed by atoms with Crippen LogP contribution in [0.5, 0.6) is 0 Å². The SMILES string of the molecule is CC1CNC(C2CC2)CN1CC(F)(F)C(F)F. The molecule has 2 unspecified atom stereocenters. The Morgan fingerprint density at radius 2 is 2.00 bits per heavy atom. The first kappa shape index (κ1) is 13.1. The fourth-order valence-corrected chi connectivity index (χ4v) is 2.32. The lowest BCUT2D eigenvalue weighted by Gasteiger charge is -2.40. The summed E-state index contributed by atoms with van der Waals surface area (Å²) < 4.78 is 50.4. The molecule has 1 aliphatic heterocycles. The van der Waals surface area contributed by atoms with E-state index < -0.39 is 18.9 Å². The van der Waals surface area contributed by atoms with Gasteiger partial charge < -0.3 is 5.32 Å². The molecule has 0 aromatic rings. The molecule has 17 heavy (non-hydrogen) atoms. The summed E-state index contributed by atoms with van der Waals surface area (Å²) in [5.74, 6) is -3.36. The van der Waals surface area contributed by atoms with Gasteiger partial charge in [-0.25, -0.2) is 8.78 Å². The molecule has 2 nitrogen and oxygen atoms in total. The third-order valence-electron chi connectivity index (χ3n) is 3.65. The van der Waals surface area contributed by atoms with Crippen molar-refractivity contribution in [1.29, 1.82) is 0 Å². The Hall–Kier alpha value is -0.360. The summed E-state index contributed by atoms with van der Waals surface area (Å²) in [7, 11) is 0. The van der Waals surface area contributed by atoms with Crippen molar-refractivity contribution in [3.05, 3.63) is 0 Å². The summed E-state index contributed by atoms with van der Waals surface area (Å²) in [4.78, 5) is 1.49. The van der Waals surface area contributed by atoms with Crippen LogP contribution in [0.4, 0.5) is 17.6 Å². The number of halogens is 4. The predicted molar refractivity (Wildman–Crippen MR) is 56.5 cm³/mol. The molecule has 1 N–H and O–H groups in total. The first-order valence-corrected chi connectivity index (χ1v) is 6.03. The van der Waals surface area contributed by atoms with Crippen molar-refractivity contribution in [2.45, 2.75) is 44.2 Å². The smallest absolute Gasteiger partial charge is 0.311 e. The van der Waals surface area contributed by atoms with Gasteiger partial charge in [-0.05, 0) is 25.7 Å². The maximum atomic E-state index is 13.0. The quantitative estimate of drug-likeness (QED) is 0.771. The molecular weight excluding hydrogens is 236 g/mol. The molecule has 2 rings (SSSR count). The third-order valence-corrected chi connectivity index (χ3v) is 3.65. The van der Waals surface area contributed by atoms with Gasteiger partial charge in [-0.15, -0.1) is 0 Å². The molecule has 1 saturated heterocycles. The molecule has 2 fully saturated rings. The highest BCUT2D eigenvalue weighted by Gasteiger charge is 2.45. The summed E-state index contributed by atoms with van der Waals surface area (Å²) >= 11 is 0. The molecule has 0 aromatic carbocycles. The number of rotatable bonds is 4. The maximum Gasteiger partial charge on any atom is 0.319 e. The summed E-state index contributed by atoms with van der Waals surface area (Å²) in [5.41, 5.74) is 0. The number of piperazine rings is 1. The van der Waals surface area contributed by atoms with Gasteiger partial charge in [-0.3, -0.25) is 4.90 Å². The van der Waals surface area contributed by atoms with Gasteiger partial charge in [0.1, 0.15) is 0 Å². The average molecular weight is 254 g/mol. The molecule has 100 valence electrons. The van der Waals surface area contributed by atoms with E-state index >= 15 is 0 Å². The van der Waals surface area contributed by atoms with E-state index in [4.69, 9.17) is 0 Å². The van der Waals surface area contributed by atoms with Crippen LogP contribution >= 0.6 is 0 Å². The lowest BCUT2D eigenvalue weighted by Crippen LogP contribution is -2.59. The van der Waals surface area contributed by atoms with Crippen LogP contribution in [-0.4, -0.2) is 49.0 Å². The summed E-state index contributed by atoms with van der Waals surface area (Å²) in [5, 5.41) is 3.30. The number of nitrogens with zero attached hydrogens (tertiary/aromatic N) is 1. The van der Waals surface area contributed by atoms with E-state index in [0.29, 0.717) is 19.0 Å². The van der Waals surface area contributed by atoms with Crippen molar-refractivity contribution < 1.29 is 17.6 Å². The summed E-state index contributed by atoms with van der Waals surface area (Å²) in [6.07, 6.45) is -1.35. The van der Waals surface area contributed by atoms with Crippen molar-refractivity contribution in [2.24, 2.45) is 5.92 Å². The minimum Gasteiger partial charge on any atom is -0.311 e. The Morgan fingerprint density at radius 3 is 2.53 bits per heavy atom. The van der Waals surface area contributed by atoms with Crippen LogP contribution in [0.25, 0.3) is 0 Å². The van der Waals surface area contributed by atoms with E-state index in [0.717, 1.165) is 12.8 Å². The van der Waals surface area contributed by atoms with Gasteiger partial charge in [0.25, 0.3) is 0 Å². The zero-order chi connectivity index (χ0) is 12.6. The lowest BCUT2D eigenvalue weighted by atomic mass is 10.1. The number of nitrogens with one attached hydrogen (secondary N) is 1. The van der Waals surface area contributed by atoms with Gasteiger partial charge in [0.2, 0.25) is 0 Å². The van der Waals surface area contributed by atoms with E-state index in [1.165, 1.54) is 4.90 Å². The Labute approximate surface area is 98.3 Å². The van der Waals surface area contributed by atoms with Gasteiger partial charge in [0.05, 0.1) is 6.54 Å². The maximum absolute atomic E-state index is 13.0. The Bertz CT molecular complexity index is 268. The second-order valence-corrected chi connectivity index (χ2v) is 5.19. The largest absolute Gasteiger partial charge is 0.319 e. The molecule has 2 atom stereocenters. The molecule has 0 amide bonds. The van der Waals surface area contributed by atoms with Crippen LogP contribution < -0.4 is 5.32 Å². The molecule has 1 heterocycles. The minimum atomic E-state index is -3.90. The van der Waals surface area contributed by atoms with Crippen molar-refractivity contribution in [2.75, 3.05) is 19.6 Å². The Kier molecular flexibility index (Phi) is 3.63. The Balaban J connectivity index is 1.93. The summed E-state index contributed by atoms with van der Waals surface area (Å²) in [6.45, 7) is 2.00. The fraction of sp³-hybridized carbons (Fsp3) is 1.00. The van der Waals surface area contributed by atoms with Crippen molar-refractivity contribution in [3.63, 3.8) is 0 Å². The van der Waals surface area contributed by atoms with Crippen LogP contribution in [0, 0.1) is 5.92 Å². The third kappa shape index (κ3) is 3.10. The fourth-order valence-electron chi connectivity index (χ4n) is 2.32. The standard InChI is InChI=1S/C11H18F4N2/c1-7-4-16-9(8-2-3-8)5-17(7)6-11(14,15)10(12)13/h7-10,16H,2-6H2,1H3. The molecule has 0 aromatic heterocycles. The molecule has 1 saturated carbocycles. The van der Waals surface area contributed by atoms with E-state index in [9.17, 15) is 17.6 Å². The zero-order valence-corrected chi connectivity index (χ0v) is 9.80. The lowest BCUT2D eigenvalue weighted by molar-refractivity contribution is -0.148. The first-order chi connectivity index (χ1) is 7.90. The van der Waals surface area contributed by atoms with Crippen LogP contribution in [0.2, 0.25) is 0 Å². The number of hydrogen-bond donors (Lipinski definition) is 1. The monoisotopic (exact) mass is 254 g/mol. The van der Waals surface area contributed by atoms with E-state index in [1.807, 2.05) is 0 Å². The highest BCUT2D eigenvalue weighted by Crippen LogP contribution is 2.35. The minimum absolute atomic E-state index is 0.116. The highest BCUT2D eigenvalue weighted by atomic mass is 19.3. The van der Waals surface area contributed by atoms with Gasteiger partial charge in [0.15, 0.2) is 0 Å². The molecular formula is C11H18F4N2. The van der Waals surface area contributed by atoms with Crippen molar-refractivity contribution in [1.82, 2.24) is 10.2 Å².